The number of rotatable bonds is 10. The quantitative estimate of drug-likeness (QED) is 0.498. The smallest absolute Gasteiger partial charge is 0.422 e. The summed E-state index contributed by atoms with van der Waals surface area (Å²) >= 11 is 0. The number of halogens is 3. The molecular weight excluding hydrogens is 505 g/mol. The average molecular weight is 533 g/mol. The fourth-order valence-electron chi connectivity index (χ4n) is 3.32. The molecule has 2 aromatic rings. The molecule has 1 saturated heterocycles. The molecule has 1 heterocycles. The van der Waals surface area contributed by atoms with Crippen LogP contribution in [0.3, 0.4) is 0 Å². The van der Waals surface area contributed by atoms with Gasteiger partial charge in [0.1, 0.15) is 5.75 Å². The van der Waals surface area contributed by atoms with Gasteiger partial charge in [-0.05, 0) is 42.8 Å². The largest absolute Gasteiger partial charge is 0.493 e. The Kier molecular flexibility index (Phi) is 9.03. The van der Waals surface area contributed by atoms with Crippen LogP contribution >= 0.6 is 0 Å². The number of amides is 1. The van der Waals surface area contributed by atoms with E-state index >= 15 is 0 Å². The molecule has 1 fully saturated rings. The second-order valence-electron chi connectivity index (χ2n) is 7.75. The summed E-state index contributed by atoms with van der Waals surface area (Å²) in [7, 11) is -2.58. The molecule has 9 nitrogen and oxygen atoms in total. The summed E-state index contributed by atoms with van der Waals surface area (Å²) in [5.74, 6) is -0.346. The van der Waals surface area contributed by atoms with Gasteiger partial charge in [-0.3, -0.25) is 4.79 Å². The number of ether oxygens (including phenoxy) is 4. The molecule has 0 radical (unpaired) electrons. The minimum absolute atomic E-state index is 0.110. The molecule has 0 saturated carbocycles. The highest BCUT2D eigenvalue weighted by molar-refractivity contribution is 7.89. The monoisotopic (exact) mass is 532 g/mol. The van der Waals surface area contributed by atoms with E-state index in [0.717, 1.165) is 24.6 Å². The van der Waals surface area contributed by atoms with Gasteiger partial charge in [0.05, 0.1) is 37.5 Å². The summed E-state index contributed by atoms with van der Waals surface area (Å²) in [6, 6.07) is 7.68. The Morgan fingerprint density at radius 3 is 2.39 bits per heavy atom. The number of alkyl halides is 3. The van der Waals surface area contributed by atoms with Gasteiger partial charge < -0.3 is 24.3 Å². The van der Waals surface area contributed by atoms with Crippen LogP contribution < -0.4 is 19.5 Å². The standard InChI is InChI=1S/C23H27F3N2O7S/c1-3-10-34-20-6-4-16(13-21(20)32-2)22(29)27-18-14-17(5-7-19(18)35-15-23(24,25)26)36(30,31)28-8-11-33-12-9-28/h4-7,13-14H,3,8-12,15H2,1-2H3,(H,27,29). The number of morpholine rings is 1. The summed E-state index contributed by atoms with van der Waals surface area (Å²) in [4.78, 5) is 12.8. The highest BCUT2D eigenvalue weighted by atomic mass is 32.2. The zero-order valence-electron chi connectivity index (χ0n) is 19.8. The molecule has 3 rings (SSSR count). The van der Waals surface area contributed by atoms with Gasteiger partial charge in [-0.1, -0.05) is 6.92 Å². The van der Waals surface area contributed by atoms with Gasteiger partial charge in [0, 0.05) is 18.7 Å². The first-order valence-electron chi connectivity index (χ1n) is 11.1. The van der Waals surface area contributed by atoms with Crippen LogP contribution in [0.25, 0.3) is 0 Å². The first kappa shape index (κ1) is 27.6. The number of carbonyl (C=O) groups excluding carboxylic acids is 1. The number of carbonyl (C=O) groups is 1. The third-order valence-corrected chi connectivity index (χ3v) is 6.98. The molecule has 13 heteroatoms. The van der Waals surface area contributed by atoms with Crippen molar-refractivity contribution in [2.75, 3.05) is 51.9 Å². The van der Waals surface area contributed by atoms with Crippen LogP contribution in [0.15, 0.2) is 41.3 Å². The molecule has 2 aromatic carbocycles. The summed E-state index contributed by atoms with van der Waals surface area (Å²) in [5.41, 5.74) is -0.122. The lowest BCUT2D eigenvalue weighted by Crippen LogP contribution is -2.40. The van der Waals surface area contributed by atoms with Crippen molar-refractivity contribution >= 4 is 21.6 Å². The molecule has 36 heavy (non-hydrogen) atoms. The number of sulfonamides is 1. The van der Waals surface area contributed by atoms with E-state index in [1.165, 1.54) is 29.6 Å². The second kappa shape index (κ2) is 11.8. The van der Waals surface area contributed by atoms with Gasteiger partial charge >= 0.3 is 6.18 Å². The number of methoxy groups -OCH3 is 1. The minimum Gasteiger partial charge on any atom is -0.493 e. The molecule has 1 aliphatic rings. The summed E-state index contributed by atoms with van der Waals surface area (Å²) in [5, 5.41) is 2.46. The van der Waals surface area contributed by atoms with Crippen LogP contribution in [-0.2, 0) is 14.8 Å². The Bertz CT molecular complexity index is 1170. The van der Waals surface area contributed by atoms with Crippen LogP contribution in [0, 0.1) is 0 Å². The molecule has 198 valence electrons. The number of hydrogen-bond donors (Lipinski definition) is 1. The van der Waals surface area contributed by atoms with E-state index in [9.17, 15) is 26.4 Å². The van der Waals surface area contributed by atoms with Gasteiger partial charge in [0.2, 0.25) is 10.0 Å². The third-order valence-electron chi connectivity index (χ3n) is 5.09. The van der Waals surface area contributed by atoms with Crippen LogP contribution in [0.4, 0.5) is 18.9 Å². The fraction of sp³-hybridized carbons (Fsp3) is 0.435. The van der Waals surface area contributed by atoms with Crippen molar-refractivity contribution in [1.29, 1.82) is 0 Å². The number of nitrogens with one attached hydrogen (secondary N) is 1. The van der Waals surface area contributed by atoms with Gasteiger partial charge in [-0.2, -0.15) is 17.5 Å². The molecule has 0 aromatic heterocycles. The topological polar surface area (TPSA) is 103 Å². The van der Waals surface area contributed by atoms with E-state index in [1.54, 1.807) is 0 Å². The maximum Gasteiger partial charge on any atom is 0.422 e. The molecule has 0 unspecified atom stereocenters. The molecule has 1 amide bonds. The van der Waals surface area contributed by atoms with Gasteiger partial charge in [0.25, 0.3) is 5.91 Å². The van der Waals surface area contributed by atoms with Crippen LogP contribution in [0.1, 0.15) is 23.7 Å². The number of hydrogen-bond acceptors (Lipinski definition) is 7. The average Bonchev–Trinajstić information content (AvgIpc) is 2.86. The van der Waals surface area contributed by atoms with Crippen molar-refractivity contribution in [3.63, 3.8) is 0 Å². The van der Waals surface area contributed by atoms with E-state index in [4.69, 9.17) is 18.9 Å². The maximum atomic E-state index is 13.0. The third kappa shape index (κ3) is 7.02. The van der Waals surface area contributed by atoms with E-state index in [-0.39, 0.29) is 53.9 Å². The fourth-order valence-corrected chi connectivity index (χ4v) is 4.76. The van der Waals surface area contributed by atoms with Crippen molar-refractivity contribution < 1.29 is 45.3 Å². The molecule has 0 aliphatic carbocycles. The predicted octanol–water partition coefficient (Wildman–Crippen LogP) is 3.70. The number of nitrogens with zero attached hydrogens (tertiary/aromatic N) is 1. The number of benzene rings is 2. The van der Waals surface area contributed by atoms with E-state index in [0.29, 0.717) is 12.4 Å². The first-order valence-corrected chi connectivity index (χ1v) is 12.5. The lowest BCUT2D eigenvalue weighted by molar-refractivity contribution is -0.153. The van der Waals surface area contributed by atoms with Crippen molar-refractivity contribution in [3.05, 3.63) is 42.0 Å². The Morgan fingerprint density at radius 2 is 1.75 bits per heavy atom. The van der Waals surface area contributed by atoms with Crippen LogP contribution in [-0.4, -0.2) is 71.4 Å². The predicted molar refractivity (Wildman–Crippen MR) is 124 cm³/mol. The molecular formula is C23H27F3N2O7S. The molecule has 0 spiro atoms. The maximum absolute atomic E-state index is 13.0. The Hall–Kier alpha value is -3.03. The molecule has 1 N–H and O–H groups in total. The summed E-state index contributed by atoms with van der Waals surface area (Å²) in [6.45, 7) is 1.44. The van der Waals surface area contributed by atoms with Crippen molar-refractivity contribution in [2.45, 2.75) is 24.4 Å². The Morgan fingerprint density at radius 1 is 1.06 bits per heavy atom. The minimum atomic E-state index is -4.64. The van der Waals surface area contributed by atoms with E-state index in [2.05, 4.69) is 5.32 Å². The Balaban J connectivity index is 1.92. The second-order valence-corrected chi connectivity index (χ2v) is 9.68. The highest BCUT2D eigenvalue weighted by Crippen LogP contribution is 2.33. The van der Waals surface area contributed by atoms with Crippen molar-refractivity contribution in [2.24, 2.45) is 0 Å². The summed E-state index contributed by atoms with van der Waals surface area (Å²) < 4.78 is 86.4. The van der Waals surface area contributed by atoms with E-state index in [1.807, 2.05) is 6.92 Å². The molecule has 0 bridgehead atoms. The normalized spacial score (nSPS) is 14.8. The van der Waals surface area contributed by atoms with Gasteiger partial charge in [-0.25, -0.2) is 8.42 Å². The lowest BCUT2D eigenvalue weighted by atomic mass is 10.1. The van der Waals surface area contributed by atoms with Crippen molar-refractivity contribution in [3.8, 4) is 17.2 Å². The van der Waals surface area contributed by atoms with Crippen molar-refractivity contribution in [1.82, 2.24) is 4.31 Å². The Labute approximate surface area is 207 Å². The van der Waals surface area contributed by atoms with Crippen LogP contribution in [0.2, 0.25) is 0 Å². The van der Waals surface area contributed by atoms with Gasteiger partial charge in [0.15, 0.2) is 18.1 Å². The zero-order chi connectivity index (χ0) is 26.3. The number of anilines is 1. The summed E-state index contributed by atoms with van der Waals surface area (Å²) in [6.07, 6.45) is -3.88. The van der Waals surface area contributed by atoms with Gasteiger partial charge in [-0.15, -0.1) is 0 Å². The molecule has 1 aliphatic heterocycles. The SMILES string of the molecule is CCCOc1ccc(C(=O)Nc2cc(S(=O)(=O)N3CCOCC3)ccc2OCC(F)(F)F)cc1OC. The zero-order valence-corrected chi connectivity index (χ0v) is 20.6. The first-order chi connectivity index (χ1) is 17.0. The lowest BCUT2D eigenvalue weighted by Gasteiger charge is -2.26. The van der Waals surface area contributed by atoms with E-state index < -0.39 is 28.7 Å². The molecule has 0 atom stereocenters. The van der Waals surface area contributed by atoms with Crippen LogP contribution in [0.5, 0.6) is 17.2 Å². The highest BCUT2D eigenvalue weighted by Gasteiger charge is 2.30.